The zero-order chi connectivity index (χ0) is 41.1. The van der Waals surface area contributed by atoms with Crippen LogP contribution in [0.3, 0.4) is 0 Å². The summed E-state index contributed by atoms with van der Waals surface area (Å²) in [7, 11) is 3.79. The van der Waals surface area contributed by atoms with Gasteiger partial charge in [-0.15, -0.1) is 0 Å². The Morgan fingerprint density at radius 1 is 0.377 bits per heavy atom. The molecule has 2 heterocycles. The summed E-state index contributed by atoms with van der Waals surface area (Å²) < 4.78 is 45.4. The summed E-state index contributed by atoms with van der Waals surface area (Å²) >= 11 is 0. The maximum atomic E-state index is 7.06. The molecule has 4 unspecified atom stereocenters. The van der Waals surface area contributed by atoms with Crippen molar-refractivity contribution in [2.24, 2.45) is 0 Å². The molecular weight excluding hydrogens is 761 g/mol. The molecule has 2 aliphatic heterocycles. The number of hydrogen-bond acceptors (Lipinski definition) is 7. The van der Waals surface area contributed by atoms with Crippen LogP contribution in [0.5, 0.6) is 23.0 Å². The third-order valence-corrected chi connectivity index (χ3v) is 14.9. The van der Waals surface area contributed by atoms with Crippen molar-refractivity contribution in [2.45, 2.75) is 126 Å². The van der Waals surface area contributed by atoms with E-state index in [1.54, 1.807) is 0 Å². The Kier molecular flexibility index (Phi) is 12.6. The summed E-state index contributed by atoms with van der Waals surface area (Å²) in [5.74, 6) is 5.52. The lowest BCUT2D eigenvalue weighted by Crippen LogP contribution is -2.25. The molecule has 61 heavy (non-hydrogen) atoms. The van der Waals surface area contributed by atoms with E-state index < -0.39 is 0 Å². The minimum absolute atomic E-state index is 0.323. The number of rotatable bonds is 2. The fourth-order valence-electron chi connectivity index (χ4n) is 11.7. The zero-order valence-electron chi connectivity index (χ0n) is 36.8. The first-order valence-corrected chi connectivity index (χ1v) is 23.8. The average Bonchev–Trinajstić information content (AvgIpc) is 3.22. The highest BCUT2D eigenvalue weighted by Gasteiger charge is 2.41. The molecule has 0 aromatic heterocycles. The van der Waals surface area contributed by atoms with Crippen LogP contribution in [0.15, 0.2) is 48.5 Å². The number of aryl methyl sites for hydroxylation is 4. The van der Waals surface area contributed by atoms with E-state index in [0.717, 1.165) is 87.2 Å². The van der Waals surface area contributed by atoms with E-state index in [9.17, 15) is 0 Å². The Labute approximate surface area is 363 Å². The monoisotopic (exact) mass is 826 g/mol. The number of benzene rings is 4. The first-order valence-electron chi connectivity index (χ1n) is 23.8. The van der Waals surface area contributed by atoms with Crippen LogP contribution in [0.4, 0.5) is 0 Å². The van der Waals surface area contributed by atoms with Crippen molar-refractivity contribution in [3.8, 4) is 23.0 Å². The third-order valence-electron chi connectivity index (χ3n) is 14.9. The maximum Gasteiger partial charge on any atom is 0.126 e. The highest BCUT2D eigenvalue weighted by molar-refractivity contribution is 5.59. The van der Waals surface area contributed by atoms with E-state index in [2.05, 4.69) is 48.5 Å². The van der Waals surface area contributed by atoms with Gasteiger partial charge in [0.1, 0.15) is 36.2 Å². The summed E-state index contributed by atoms with van der Waals surface area (Å²) in [5, 5.41) is 0. The molecule has 2 saturated carbocycles. The van der Waals surface area contributed by atoms with Crippen molar-refractivity contribution in [2.75, 3.05) is 67.1 Å². The molecule has 0 saturated heterocycles. The summed E-state index contributed by atoms with van der Waals surface area (Å²) in [6, 6.07) is 20.0. The summed E-state index contributed by atoms with van der Waals surface area (Å²) in [4.78, 5) is 0. The average molecular weight is 827 g/mol. The molecular formula is C54H66O7. The van der Waals surface area contributed by atoms with Gasteiger partial charge in [0.05, 0.1) is 53.9 Å². The molecule has 4 aromatic rings. The Morgan fingerprint density at radius 3 is 1.07 bits per heavy atom. The maximum absolute atomic E-state index is 7.06. The molecule has 4 aromatic carbocycles. The normalized spacial score (nSPS) is 24.4. The predicted octanol–water partition coefficient (Wildman–Crippen LogP) is 10.9. The molecule has 7 aliphatic rings. The van der Waals surface area contributed by atoms with E-state index in [-0.39, 0.29) is 0 Å². The largest absolute Gasteiger partial charge is 0.496 e. The first-order chi connectivity index (χ1) is 30.1. The van der Waals surface area contributed by atoms with Gasteiger partial charge in [0, 0.05) is 12.8 Å². The van der Waals surface area contributed by atoms with Gasteiger partial charge in [-0.25, -0.2) is 0 Å². The molecule has 4 atom stereocenters. The van der Waals surface area contributed by atoms with Crippen molar-refractivity contribution < 1.29 is 33.2 Å². The minimum Gasteiger partial charge on any atom is -0.496 e. The summed E-state index contributed by atoms with van der Waals surface area (Å²) in [6.07, 6.45) is 17.4. The van der Waals surface area contributed by atoms with Crippen molar-refractivity contribution in [3.05, 3.63) is 115 Å². The van der Waals surface area contributed by atoms with Crippen LogP contribution in [-0.4, -0.2) is 67.1 Å². The SMILES string of the molecule is COc1c2cc3cc1C1CCC1c1cc(cc4c1OCCOCCOCCOCCOc1c(cc5cc1C1CCC1c1cc(cc(c1OC)C4)CCCCC5)C2)CCCCC3. The van der Waals surface area contributed by atoms with Gasteiger partial charge >= 0.3 is 0 Å². The summed E-state index contributed by atoms with van der Waals surface area (Å²) in [5.41, 5.74) is 16.3. The molecule has 7 heteroatoms. The van der Waals surface area contributed by atoms with Gasteiger partial charge in [0.25, 0.3) is 0 Å². The Bertz CT molecular complexity index is 2040. The number of ether oxygens (including phenoxy) is 7. The zero-order valence-corrected chi connectivity index (χ0v) is 36.8. The van der Waals surface area contributed by atoms with Crippen LogP contribution in [0.1, 0.15) is 155 Å². The number of methoxy groups -OCH3 is 2. The van der Waals surface area contributed by atoms with Crippen molar-refractivity contribution in [1.82, 2.24) is 0 Å². The van der Waals surface area contributed by atoms with E-state index in [1.807, 2.05) is 14.2 Å². The molecule has 14 bridgehead atoms. The Balaban J connectivity index is 1.25. The number of fused-ring (bicyclic) bond motifs is 16. The Morgan fingerprint density at radius 2 is 0.705 bits per heavy atom. The van der Waals surface area contributed by atoms with Crippen molar-refractivity contribution >= 4 is 0 Å². The van der Waals surface area contributed by atoms with Crippen LogP contribution in [0, 0.1) is 0 Å². The molecule has 7 nitrogen and oxygen atoms in total. The van der Waals surface area contributed by atoms with E-state index in [0.29, 0.717) is 76.5 Å². The Hall–Kier alpha value is -4.04. The van der Waals surface area contributed by atoms with Crippen LogP contribution < -0.4 is 18.9 Å². The van der Waals surface area contributed by atoms with E-state index in [4.69, 9.17) is 33.2 Å². The van der Waals surface area contributed by atoms with Crippen LogP contribution in [0.2, 0.25) is 0 Å². The quantitative estimate of drug-likeness (QED) is 0.187. The summed E-state index contributed by atoms with van der Waals surface area (Å²) in [6.45, 7) is 4.06. The lowest BCUT2D eigenvalue weighted by molar-refractivity contribution is 0.00476. The van der Waals surface area contributed by atoms with Gasteiger partial charge in [-0.2, -0.15) is 0 Å². The molecule has 2 fully saturated rings. The van der Waals surface area contributed by atoms with Crippen LogP contribution in [-0.2, 0) is 52.7 Å². The molecule has 0 radical (unpaired) electrons. The van der Waals surface area contributed by atoms with E-state index in [1.165, 1.54) is 105 Å². The minimum atomic E-state index is 0.323. The molecule has 0 N–H and O–H groups in total. The van der Waals surface area contributed by atoms with Crippen LogP contribution in [0.25, 0.3) is 0 Å². The standard InChI is InChI=1S/C54H66O7/c1-55-51-39-25-35-9-5-3-7-12-38-28-42-34-40-26-36-10-6-4-8-11-37-27-41(33-39)53(50(32-37)46-16-14-44(46)48(30-36)52(40)56-2)60-23-21-58-19-17-57-18-20-59-22-24-61-54(42)49(31-38)45-15-13-43(45)47(51)29-35/h25-32,43-46H,3-24,33-34H2,1-2H3. The second-order valence-electron chi connectivity index (χ2n) is 18.7. The molecule has 0 spiro atoms. The molecule has 0 amide bonds. The fraction of sp³-hybridized carbons (Fsp3) is 0.556. The van der Waals surface area contributed by atoms with Gasteiger partial charge in [-0.1, -0.05) is 61.4 Å². The lowest BCUT2D eigenvalue weighted by Gasteiger charge is -2.41. The van der Waals surface area contributed by atoms with Gasteiger partial charge in [-0.3, -0.25) is 0 Å². The van der Waals surface area contributed by atoms with Crippen LogP contribution >= 0.6 is 0 Å². The smallest absolute Gasteiger partial charge is 0.126 e. The van der Waals surface area contributed by atoms with E-state index >= 15 is 0 Å². The third kappa shape index (κ3) is 8.56. The molecule has 11 rings (SSSR count). The van der Waals surface area contributed by atoms with Gasteiger partial charge in [-0.05, 0) is 167 Å². The lowest BCUT2D eigenvalue weighted by atomic mass is 9.64. The second-order valence-corrected chi connectivity index (χ2v) is 18.7. The topological polar surface area (TPSA) is 64.6 Å². The van der Waals surface area contributed by atoms with Crippen molar-refractivity contribution in [1.29, 1.82) is 0 Å². The van der Waals surface area contributed by atoms with Gasteiger partial charge in [0.15, 0.2) is 0 Å². The second kappa shape index (κ2) is 18.7. The van der Waals surface area contributed by atoms with Gasteiger partial charge < -0.3 is 33.2 Å². The fourth-order valence-corrected chi connectivity index (χ4v) is 11.7. The molecule has 324 valence electrons. The van der Waals surface area contributed by atoms with Gasteiger partial charge in [0.2, 0.25) is 0 Å². The first kappa shape index (κ1) is 41.0. The highest BCUT2D eigenvalue weighted by atomic mass is 16.6. The predicted molar refractivity (Wildman–Crippen MR) is 240 cm³/mol. The highest BCUT2D eigenvalue weighted by Crippen LogP contribution is 2.58. The molecule has 5 aliphatic carbocycles. The van der Waals surface area contributed by atoms with Crippen molar-refractivity contribution in [3.63, 3.8) is 0 Å². The number of hydrogen-bond donors (Lipinski definition) is 0.